The number of piperazine rings is 1. The van der Waals surface area contributed by atoms with Crippen LogP contribution in [0.1, 0.15) is 30.3 Å². The van der Waals surface area contributed by atoms with Gasteiger partial charge in [0.15, 0.2) is 0 Å². The van der Waals surface area contributed by atoms with Crippen LogP contribution in [0.5, 0.6) is 5.75 Å². The van der Waals surface area contributed by atoms with Gasteiger partial charge in [-0.3, -0.25) is 9.69 Å². The molecule has 2 aliphatic rings. The van der Waals surface area contributed by atoms with Crippen molar-refractivity contribution in [2.75, 3.05) is 44.2 Å². The largest absolute Gasteiger partial charge is 0.486 e. The van der Waals surface area contributed by atoms with Crippen LogP contribution < -0.4 is 15.0 Å². The van der Waals surface area contributed by atoms with E-state index >= 15 is 0 Å². The molecule has 2 aromatic carbocycles. The molecule has 3 aromatic rings. The van der Waals surface area contributed by atoms with E-state index in [0.29, 0.717) is 29.5 Å². The van der Waals surface area contributed by atoms with Crippen LogP contribution in [0.3, 0.4) is 0 Å². The Hall–Kier alpha value is -2.77. The number of amides is 1. The molecule has 1 fully saturated rings. The van der Waals surface area contributed by atoms with Crippen LogP contribution in [0, 0.1) is 5.82 Å². The van der Waals surface area contributed by atoms with Gasteiger partial charge in [0.25, 0.3) is 5.91 Å². The maximum Gasteiger partial charge on any atom is 0.267 e. The van der Waals surface area contributed by atoms with Gasteiger partial charge in [-0.1, -0.05) is 30.7 Å². The van der Waals surface area contributed by atoms with Crippen LogP contribution in [-0.4, -0.2) is 60.7 Å². The zero-order valence-electron chi connectivity index (χ0n) is 19.4. The second-order valence-corrected chi connectivity index (χ2v) is 9.39. The molecule has 1 amide bonds. The summed E-state index contributed by atoms with van der Waals surface area (Å²) >= 11 is 6.41. The summed E-state index contributed by atoms with van der Waals surface area (Å²) in [5.74, 6) is 0.534. The second-order valence-electron chi connectivity index (χ2n) is 8.99. The highest BCUT2D eigenvalue weighted by atomic mass is 35.5. The normalized spacial score (nSPS) is 18.2. The zero-order chi connectivity index (χ0) is 23.7. The molecule has 8 heteroatoms. The summed E-state index contributed by atoms with van der Waals surface area (Å²) in [4.78, 5) is 17.5. The van der Waals surface area contributed by atoms with Gasteiger partial charge in [-0.05, 0) is 49.7 Å². The van der Waals surface area contributed by atoms with E-state index in [9.17, 15) is 9.18 Å². The summed E-state index contributed by atoms with van der Waals surface area (Å²) in [5, 5.41) is 4.56. The van der Waals surface area contributed by atoms with Gasteiger partial charge in [0.1, 0.15) is 23.4 Å². The fourth-order valence-corrected chi connectivity index (χ4v) is 5.14. The molecule has 0 spiro atoms. The lowest BCUT2D eigenvalue weighted by Crippen LogP contribution is -2.47. The summed E-state index contributed by atoms with van der Waals surface area (Å²) < 4.78 is 22.2. The Labute approximate surface area is 204 Å². The standard InChI is InChI=1S/C26H30ClFN4O2/c1-2-18-17-32-23(16-19-20(27)8-9-24(34-18)25(19)32)26(33)29-10-5-11-30-12-14-31(15-13-30)22-7-4-3-6-21(22)28/h3-4,6-9,16,18H,2,5,10-15,17H2,1H3,(H,29,33)/t18-/m1/s1. The molecule has 0 saturated carbocycles. The molecule has 180 valence electrons. The molecule has 1 atom stereocenters. The number of hydrogen-bond acceptors (Lipinski definition) is 4. The van der Waals surface area contributed by atoms with Crippen molar-refractivity contribution in [1.82, 2.24) is 14.8 Å². The van der Waals surface area contributed by atoms with Gasteiger partial charge in [-0.2, -0.15) is 0 Å². The third-order valence-electron chi connectivity index (χ3n) is 6.84. The quantitative estimate of drug-likeness (QED) is 0.500. The number of ether oxygens (including phenoxy) is 1. The average molecular weight is 485 g/mol. The van der Waals surface area contributed by atoms with E-state index in [-0.39, 0.29) is 17.8 Å². The first-order valence-corrected chi connectivity index (χ1v) is 12.4. The van der Waals surface area contributed by atoms with Gasteiger partial charge >= 0.3 is 0 Å². The van der Waals surface area contributed by atoms with Crippen LogP contribution in [-0.2, 0) is 6.54 Å². The van der Waals surface area contributed by atoms with E-state index in [1.165, 1.54) is 6.07 Å². The smallest absolute Gasteiger partial charge is 0.267 e. The predicted molar refractivity (Wildman–Crippen MR) is 134 cm³/mol. The van der Waals surface area contributed by atoms with E-state index in [2.05, 4.69) is 22.0 Å². The first kappa shape index (κ1) is 23.0. The molecule has 0 bridgehead atoms. The monoisotopic (exact) mass is 484 g/mol. The van der Waals surface area contributed by atoms with Crippen LogP contribution in [0.4, 0.5) is 10.1 Å². The Morgan fingerprint density at radius 3 is 2.74 bits per heavy atom. The first-order valence-electron chi connectivity index (χ1n) is 12.0. The molecule has 6 nitrogen and oxygen atoms in total. The number of hydrogen-bond donors (Lipinski definition) is 1. The molecule has 0 aliphatic carbocycles. The topological polar surface area (TPSA) is 49.7 Å². The van der Waals surface area contributed by atoms with Crippen molar-refractivity contribution in [2.24, 2.45) is 0 Å². The molecule has 1 saturated heterocycles. The number of anilines is 1. The second kappa shape index (κ2) is 9.84. The molecular weight excluding hydrogens is 455 g/mol. The highest BCUT2D eigenvalue weighted by Crippen LogP contribution is 2.38. The Balaban J connectivity index is 1.15. The molecule has 5 rings (SSSR count). The van der Waals surface area contributed by atoms with Crippen molar-refractivity contribution >= 4 is 34.1 Å². The third kappa shape index (κ3) is 4.46. The molecule has 0 unspecified atom stereocenters. The molecular formula is C26H30ClFN4O2. The highest BCUT2D eigenvalue weighted by molar-refractivity contribution is 6.36. The molecule has 1 aromatic heterocycles. The van der Waals surface area contributed by atoms with Gasteiger partial charge < -0.3 is 19.5 Å². The van der Waals surface area contributed by atoms with E-state index < -0.39 is 0 Å². The molecule has 34 heavy (non-hydrogen) atoms. The van der Waals surface area contributed by atoms with Gasteiger partial charge in [0, 0.05) is 38.1 Å². The number of carbonyl (C=O) groups excluding carboxylic acids is 1. The lowest BCUT2D eigenvalue weighted by molar-refractivity contribution is 0.0935. The fourth-order valence-electron chi connectivity index (χ4n) is 4.94. The van der Waals surface area contributed by atoms with E-state index in [4.69, 9.17) is 16.3 Å². The first-order chi connectivity index (χ1) is 16.5. The highest BCUT2D eigenvalue weighted by Gasteiger charge is 2.27. The van der Waals surface area contributed by atoms with E-state index in [0.717, 1.165) is 62.2 Å². The SMILES string of the molecule is CC[C@@H]1Cn2c(C(=O)NCCCN3CCN(c4ccccc4F)CC3)cc3c(Cl)ccc(c32)O1. The Morgan fingerprint density at radius 2 is 1.97 bits per heavy atom. The molecule has 3 heterocycles. The number of nitrogens with one attached hydrogen (secondary N) is 1. The summed E-state index contributed by atoms with van der Waals surface area (Å²) in [6.45, 7) is 7.60. The Kier molecular flexibility index (Phi) is 6.66. The van der Waals surface area contributed by atoms with E-state index in [1.807, 2.05) is 34.9 Å². The number of halogens is 2. The molecule has 1 N–H and O–H groups in total. The van der Waals surface area contributed by atoms with Crippen LogP contribution in [0.25, 0.3) is 10.9 Å². The van der Waals surface area contributed by atoms with Gasteiger partial charge in [-0.15, -0.1) is 0 Å². The third-order valence-corrected chi connectivity index (χ3v) is 7.17. The Bertz CT molecular complexity index is 1190. The lowest BCUT2D eigenvalue weighted by Gasteiger charge is -2.36. The number of aromatic nitrogens is 1. The minimum Gasteiger partial charge on any atom is -0.486 e. The number of rotatable bonds is 7. The lowest BCUT2D eigenvalue weighted by atomic mass is 10.2. The summed E-state index contributed by atoms with van der Waals surface area (Å²) in [6.07, 6.45) is 1.77. The summed E-state index contributed by atoms with van der Waals surface area (Å²) in [7, 11) is 0. The maximum absolute atomic E-state index is 14.0. The van der Waals surface area contributed by atoms with Crippen molar-refractivity contribution in [3.8, 4) is 5.75 Å². The van der Waals surface area contributed by atoms with Crippen molar-refractivity contribution in [3.05, 3.63) is 59.0 Å². The van der Waals surface area contributed by atoms with Crippen LogP contribution in [0.15, 0.2) is 42.5 Å². The van der Waals surface area contributed by atoms with Crippen molar-refractivity contribution in [3.63, 3.8) is 0 Å². The average Bonchev–Trinajstić information content (AvgIpc) is 3.25. The summed E-state index contributed by atoms with van der Waals surface area (Å²) in [5.41, 5.74) is 2.21. The van der Waals surface area contributed by atoms with E-state index in [1.54, 1.807) is 6.07 Å². The van der Waals surface area contributed by atoms with Crippen molar-refractivity contribution in [1.29, 1.82) is 0 Å². The number of benzene rings is 2. The van der Waals surface area contributed by atoms with Gasteiger partial charge in [-0.25, -0.2) is 4.39 Å². The van der Waals surface area contributed by atoms with Gasteiger partial charge in [0.2, 0.25) is 0 Å². The number of para-hydroxylation sites is 1. The summed E-state index contributed by atoms with van der Waals surface area (Å²) in [6, 6.07) is 12.5. The molecule has 2 aliphatic heterocycles. The van der Waals surface area contributed by atoms with Crippen molar-refractivity contribution in [2.45, 2.75) is 32.4 Å². The minimum absolute atomic E-state index is 0.0406. The predicted octanol–water partition coefficient (Wildman–Crippen LogP) is 4.55. The number of nitrogens with zero attached hydrogens (tertiary/aromatic N) is 3. The van der Waals surface area contributed by atoms with Crippen LogP contribution >= 0.6 is 11.6 Å². The fraction of sp³-hybridized carbons (Fsp3) is 0.423. The Morgan fingerprint density at radius 1 is 1.18 bits per heavy atom. The van der Waals surface area contributed by atoms with Gasteiger partial charge in [0.05, 0.1) is 22.8 Å². The molecule has 0 radical (unpaired) electrons. The number of carbonyl (C=O) groups is 1. The minimum atomic E-state index is -0.166. The van der Waals surface area contributed by atoms with Crippen molar-refractivity contribution < 1.29 is 13.9 Å². The van der Waals surface area contributed by atoms with Crippen LogP contribution in [0.2, 0.25) is 5.02 Å². The zero-order valence-corrected chi connectivity index (χ0v) is 20.2. The maximum atomic E-state index is 14.0.